The largest absolute Gasteiger partial charge is 0.456 e. The van der Waals surface area contributed by atoms with Gasteiger partial charge < -0.3 is 13.6 Å². The van der Waals surface area contributed by atoms with Gasteiger partial charge in [-0.1, -0.05) is 47.5 Å². The first-order valence-corrected chi connectivity index (χ1v) is 15.3. The summed E-state index contributed by atoms with van der Waals surface area (Å²) in [5.74, 6) is 4.99. The summed E-state index contributed by atoms with van der Waals surface area (Å²) < 4.78 is 17.8. The number of carbonyl (C=O) groups is 1. The van der Waals surface area contributed by atoms with Crippen LogP contribution in [0.3, 0.4) is 0 Å². The fourth-order valence-electron chi connectivity index (χ4n) is 1.65. The molecule has 0 aromatic heterocycles. The maximum Gasteiger partial charge on any atom is 0.384 e. The van der Waals surface area contributed by atoms with Gasteiger partial charge in [0.15, 0.2) is 16.6 Å². The molecule has 0 aromatic carbocycles. The summed E-state index contributed by atoms with van der Waals surface area (Å²) in [6.45, 7) is 24.9. The van der Waals surface area contributed by atoms with Crippen molar-refractivity contribution in [3.63, 3.8) is 0 Å². The Morgan fingerprint density at radius 3 is 1.88 bits per heavy atom. The lowest BCUT2D eigenvalue weighted by atomic mass is 10.2. The average Bonchev–Trinajstić information content (AvgIpc) is 2.42. The van der Waals surface area contributed by atoms with Gasteiger partial charge >= 0.3 is 5.97 Å². The van der Waals surface area contributed by atoms with E-state index in [1.165, 1.54) is 0 Å². The minimum absolute atomic E-state index is 0.108. The Balaban J connectivity index is 5.20. The Hall–Kier alpha value is -0.616. The van der Waals surface area contributed by atoms with Gasteiger partial charge in [-0.05, 0) is 43.2 Å². The van der Waals surface area contributed by atoms with E-state index >= 15 is 0 Å². The van der Waals surface area contributed by atoms with E-state index in [0.29, 0.717) is 19.6 Å². The average molecular weight is 401 g/mol. The highest BCUT2D eigenvalue weighted by Crippen LogP contribution is 2.39. The predicted molar refractivity (Wildman–Crippen MR) is 114 cm³/mol. The van der Waals surface area contributed by atoms with E-state index in [4.69, 9.17) is 13.6 Å². The summed E-state index contributed by atoms with van der Waals surface area (Å²) in [5.41, 5.74) is 0. The maximum atomic E-state index is 11.5. The molecule has 0 aliphatic heterocycles. The van der Waals surface area contributed by atoms with Crippen LogP contribution in [0.2, 0.25) is 36.3 Å². The highest BCUT2D eigenvalue weighted by Gasteiger charge is 2.41. The molecule has 4 nitrogen and oxygen atoms in total. The molecule has 0 spiro atoms. The quantitative estimate of drug-likeness (QED) is 0.250. The Morgan fingerprint density at radius 1 is 0.962 bits per heavy atom. The van der Waals surface area contributed by atoms with Crippen LogP contribution >= 0.6 is 0 Å². The molecule has 0 rings (SSSR count). The van der Waals surface area contributed by atoms with Gasteiger partial charge in [0.1, 0.15) is 0 Å². The van der Waals surface area contributed by atoms with Crippen LogP contribution in [-0.2, 0) is 18.4 Å². The van der Waals surface area contributed by atoms with E-state index in [0.717, 1.165) is 0 Å². The number of hydrogen-bond donors (Lipinski definition) is 0. The molecule has 0 N–H and O–H groups in total. The van der Waals surface area contributed by atoms with Crippen molar-refractivity contribution in [2.45, 2.75) is 97.3 Å². The van der Waals surface area contributed by atoms with Crippen molar-refractivity contribution in [2.24, 2.45) is 0 Å². The molecule has 0 aromatic rings. The van der Waals surface area contributed by atoms with Gasteiger partial charge in [-0.25, -0.2) is 4.79 Å². The molecular formula is C20H40O4Si2. The number of hydrogen-bond acceptors (Lipinski definition) is 4. The van der Waals surface area contributed by atoms with E-state index < -0.39 is 22.6 Å². The van der Waals surface area contributed by atoms with E-state index in [1.807, 2.05) is 0 Å². The zero-order valence-corrected chi connectivity index (χ0v) is 20.8. The minimum atomic E-state index is -1.95. The molecule has 0 saturated carbocycles. The summed E-state index contributed by atoms with van der Waals surface area (Å²) in [5, 5.41) is 0.252. The van der Waals surface area contributed by atoms with Crippen LogP contribution in [-0.4, -0.2) is 41.9 Å². The van der Waals surface area contributed by atoms with E-state index in [2.05, 4.69) is 79.6 Å². The molecule has 0 unspecified atom stereocenters. The van der Waals surface area contributed by atoms with Crippen molar-refractivity contribution in [3.8, 4) is 11.8 Å². The molecule has 152 valence electrons. The number of esters is 1. The number of ether oxygens (including phenoxy) is 1. The second-order valence-electron chi connectivity index (χ2n) is 9.80. The molecule has 1 atom stereocenters. The molecule has 0 aliphatic rings. The van der Waals surface area contributed by atoms with Crippen LogP contribution in [0.15, 0.2) is 0 Å². The van der Waals surface area contributed by atoms with E-state index in [1.54, 1.807) is 6.92 Å². The van der Waals surface area contributed by atoms with Crippen molar-refractivity contribution >= 4 is 22.6 Å². The summed E-state index contributed by atoms with van der Waals surface area (Å²) in [7, 11) is -3.82. The third kappa shape index (κ3) is 8.38. The second kappa shape index (κ2) is 9.54. The third-order valence-electron chi connectivity index (χ3n) is 5.50. The smallest absolute Gasteiger partial charge is 0.384 e. The summed E-state index contributed by atoms with van der Waals surface area (Å²) in [4.78, 5) is 11.5. The van der Waals surface area contributed by atoms with Gasteiger partial charge in [-0.2, -0.15) is 0 Å². The summed E-state index contributed by atoms with van der Waals surface area (Å²) in [6, 6.07) is 0. The van der Waals surface area contributed by atoms with Gasteiger partial charge in [-0.15, -0.1) is 0 Å². The zero-order valence-electron chi connectivity index (χ0n) is 18.8. The molecule has 0 aliphatic carbocycles. The third-order valence-corrected chi connectivity index (χ3v) is 14.5. The lowest BCUT2D eigenvalue weighted by Crippen LogP contribution is -2.47. The van der Waals surface area contributed by atoms with Crippen molar-refractivity contribution in [1.29, 1.82) is 0 Å². The van der Waals surface area contributed by atoms with Gasteiger partial charge in [0, 0.05) is 12.3 Å². The van der Waals surface area contributed by atoms with Crippen LogP contribution < -0.4 is 0 Å². The highest BCUT2D eigenvalue weighted by molar-refractivity contribution is 6.74. The molecule has 26 heavy (non-hydrogen) atoms. The van der Waals surface area contributed by atoms with Crippen molar-refractivity contribution in [3.05, 3.63) is 0 Å². The minimum Gasteiger partial charge on any atom is -0.456 e. The molecule has 0 saturated heterocycles. The van der Waals surface area contributed by atoms with Crippen LogP contribution in [0.25, 0.3) is 0 Å². The van der Waals surface area contributed by atoms with Gasteiger partial charge in [0.2, 0.25) is 0 Å². The topological polar surface area (TPSA) is 44.8 Å². The maximum absolute atomic E-state index is 11.5. The second-order valence-corrected chi connectivity index (χ2v) is 19.4. The lowest BCUT2D eigenvalue weighted by molar-refractivity contribution is -0.136. The molecule has 0 amide bonds. The highest BCUT2D eigenvalue weighted by atomic mass is 28.4. The normalized spacial score (nSPS) is 14.4. The number of rotatable bonds is 7. The van der Waals surface area contributed by atoms with Crippen LogP contribution in [0.4, 0.5) is 0 Å². The van der Waals surface area contributed by atoms with Crippen LogP contribution in [0.5, 0.6) is 0 Å². The summed E-state index contributed by atoms with van der Waals surface area (Å²) in [6.07, 6.45) is 0.340. The lowest BCUT2D eigenvalue weighted by Gasteiger charge is -2.41. The van der Waals surface area contributed by atoms with E-state index in [9.17, 15) is 4.79 Å². The fourth-order valence-corrected chi connectivity index (χ4v) is 4.02. The first-order chi connectivity index (χ1) is 11.5. The molecular weight excluding hydrogens is 360 g/mol. The predicted octanol–water partition coefficient (Wildman–Crippen LogP) is 5.36. The first kappa shape index (κ1) is 25.4. The first-order valence-electron chi connectivity index (χ1n) is 9.51. The van der Waals surface area contributed by atoms with E-state index in [-0.39, 0.29) is 16.2 Å². The van der Waals surface area contributed by atoms with Crippen molar-refractivity contribution < 1.29 is 18.4 Å². The monoisotopic (exact) mass is 400 g/mol. The van der Waals surface area contributed by atoms with Crippen LogP contribution in [0, 0.1) is 11.8 Å². The van der Waals surface area contributed by atoms with Crippen molar-refractivity contribution in [2.75, 3.05) is 13.2 Å². The molecule has 0 radical (unpaired) electrons. The molecule has 0 heterocycles. The SMILES string of the molecule is CCOC(=O)C#CC[C@@H](CO[Si](C)(C)C(C)(C)C)O[Si](C)(C)C(C)(C)C. The molecule has 0 bridgehead atoms. The van der Waals surface area contributed by atoms with Crippen LogP contribution in [0.1, 0.15) is 54.9 Å². The van der Waals surface area contributed by atoms with Gasteiger partial charge in [0.05, 0.1) is 19.3 Å². The number of carbonyl (C=O) groups excluding carboxylic acids is 1. The fraction of sp³-hybridized carbons (Fsp3) is 0.850. The molecule has 6 heteroatoms. The Bertz CT molecular complexity index is 517. The van der Waals surface area contributed by atoms with Gasteiger partial charge in [-0.3, -0.25) is 0 Å². The Labute approximate surface area is 163 Å². The summed E-state index contributed by atoms with van der Waals surface area (Å²) >= 11 is 0. The van der Waals surface area contributed by atoms with Gasteiger partial charge in [0.25, 0.3) is 0 Å². The molecule has 0 fully saturated rings. The Morgan fingerprint density at radius 2 is 1.46 bits per heavy atom. The Kier molecular flexibility index (Phi) is 9.31. The standard InChI is InChI=1S/C20H40O4Si2/c1-12-22-18(21)15-13-14-17(24-26(10,11)20(5,6)7)16-23-25(8,9)19(2,3)4/h17H,12,14,16H2,1-11H3/t17-/m0/s1. The zero-order chi connectivity index (χ0) is 20.8. The van der Waals surface area contributed by atoms with Crippen molar-refractivity contribution in [1.82, 2.24) is 0 Å².